The van der Waals surface area contributed by atoms with E-state index in [1.165, 1.54) is 12.4 Å². The summed E-state index contributed by atoms with van der Waals surface area (Å²) in [6, 6.07) is 18.0. The van der Waals surface area contributed by atoms with Crippen molar-refractivity contribution in [3.63, 3.8) is 0 Å². The molecule has 0 aliphatic heterocycles. The summed E-state index contributed by atoms with van der Waals surface area (Å²) >= 11 is 0. The number of nitrogens with zero attached hydrogens (tertiary/aromatic N) is 2. The van der Waals surface area contributed by atoms with Crippen LogP contribution in [0.15, 0.2) is 78.0 Å². The van der Waals surface area contributed by atoms with Crippen LogP contribution in [0.5, 0.6) is 11.5 Å². The van der Waals surface area contributed by atoms with Crippen LogP contribution in [-0.4, -0.2) is 35.5 Å². The molecule has 4 aromatic rings. The largest absolute Gasteiger partial charge is 0.457 e. The molecule has 0 saturated heterocycles. The summed E-state index contributed by atoms with van der Waals surface area (Å²) in [5.74, 6) is 0.769. The predicted molar refractivity (Wildman–Crippen MR) is 153 cm³/mol. The lowest BCUT2D eigenvalue weighted by Gasteiger charge is -2.08. The van der Waals surface area contributed by atoms with E-state index in [1.807, 2.05) is 69.3 Å². The second-order valence-corrected chi connectivity index (χ2v) is 8.31. The minimum Gasteiger partial charge on any atom is -0.457 e. The lowest BCUT2D eigenvalue weighted by Crippen LogP contribution is -2.12. The van der Waals surface area contributed by atoms with Crippen LogP contribution < -0.4 is 21.5 Å². The van der Waals surface area contributed by atoms with Crippen LogP contribution in [0.4, 0.5) is 15.8 Å². The van der Waals surface area contributed by atoms with Crippen LogP contribution >= 0.6 is 0 Å². The fraction of sp³-hybridized carbons (Fsp3) is 0.172. The quantitative estimate of drug-likeness (QED) is 0.167. The minimum absolute atomic E-state index is 0.273. The number of hydrogen-bond acceptors (Lipinski definition) is 6. The van der Waals surface area contributed by atoms with E-state index in [2.05, 4.69) is 20.3 Å². The van der Waals surface area contributed by atoms with Gasteiger partial charge in [-0.05, 0) is 86.5 Å². The number of carbonyl (C=O) groups is 2. The highest BCUT2D eigenvalue weighted by Gasteiger charge is 2.05. The minimum atomic E-state index is -0.353. The Morgan fingerprint density at radius 2 is 1.82 bits per heavy atom. The van der Waals surface area contributed by atoms with Gasteiger partial charge in [0, 0.05) is 30.6 Å². The number of H-pyrrole nitrogens is 1. The van der Waals surface area contributed by atoms with Crippen LogP contribution in [0.3, 0.4) is 0 Å². The van der Waals surface area contributed by atoms with Crippen LogP contribution in [0.2, 0.25) is 0 Å². The first-order valence-electron chi connectivity index (χ1n) is 12.1. The Labute approximate surface area is 227 Å². The van der Waals surface area contributed by atoms with Crippen LogP contribution in [0.1, 0.15) is 24.0 Å². The van der Waals surface area contributed by atoms with Crippen molar-refractivity contribution in [2.45, 2.75) is 26.7 Å². The number of pyridine rings is 1. The van der Waals surface area contributed by atoms with Crippen molar-refractivity contribution in [1.82, 2.24) is 9.97 Å². The van der Waals surface area contributed by atoms with E-state index in [0.29, 0.717) is 36.6 Å². The molecule has 0 fully saturated rings. The summed E-state index contributed by atoms with van der Waals surface area (Å²) in [6.45, 7) is 6.47. The van der Waals surface area contributed by atoms with Gasteiger partial charge in [-0.2, -0.15) is 0 Å². The highest BCUT2D eigenvalue weighted by Crippen LogP contribution is 2.26. The number of nitrogens with one attached hydrogen (secondary N) is 2. The Balaban J connectivity index is 0.000000517. The molecule has 0 spiro atoms. The van der Waals surface area contributed by atoms with Crippen LogP contribution in [0.25, 0.3) is 11.4 Å². The molecule has 0 radical (unpaired) electrons. The van der Waals surface area contributed by atoms with Gasteiger partial charge >= 0.3 is 0 Å². The summed E-state index contributed by atoms with van der Waals surface area (Å²) in [5.41, 5.74) is 14.8. The number of aliphatic imine (C=N–C) groups is 1. The summed E-state index contributed by atoms with van der Waals surface area (Å²) < 4.78 is 19.7. The van der Waals surface area contributed by atoms with Crippen LogP contribution in [-0.2, 0) is 9.59 Å². The molecule has 204 valence electrons. The lowest BCUT2D eigenvalue weighted by molar-refractivity contribution is -0.118. The molecule has 0 unspecified atom stereocenters. The number of aryl methyl sites for hydroxylation is 2. The van der Waals surface area contributed by atoms with Gasteiger partial charge in [-0.1, -0.05) is 6.07 Å². The number of benzene rings is 2. The fourth-order valence-electron chi connectivity index (χ4n) is 3.20. The number of aromatic nitrogens is 2. The van der Waals surface area contributed by atoms with Gasteiger partial charge < -0.3 is 31.3 Å². The summed E-state index contributed by atoms with van der Waals surface area (Å²) in [7, 11) is 0. The number of carbonyl (C=O) groups excluding carboxylic acids is 2. The summed E-state index contributed by atoms with van der Waals surface area (Å²) in [6.07, 6.45) is 6.25. The molecule has 1 amide bonds. The molecular formula is C29H33FN6O3. The topological polar surface area (TPSA) is 148 Å². The van der Waals surface area contributed by atoms with Gasteiger partial charge in [0.1, 0.15) is 29.8 Å². The van der Waals surface area contributed by atoms with Gasteiger partial charge in [-0.15, -0.1) is 0 Å². The number of halogens is 1. The molecule has 2 aromatic heterocycles. The number of primary amides is 1. The molecule has 6 N–H and O–H groups in total. The maximum absolute atomic E-state index is 13.7. The molecule has 4 rings (SSSR count). The summed E-state index contributed by atoms with van der Waals surface area (Å²) in [4.78, 5) is 29.6. The number of hydrogen-bond donors (Lipinski definition) is 4. The monoisotopic (exact) mass is 532 g/mol. The second-order valence-electron chi connectivity index (χ2n) is 8.31. The normalized spacial score (nSPS) is 10.2. The Kier molecular flexibility index (Phi) is 12.6. The number of aromatic amines is 1. The Morgan fingerprint density at radius 3 is 2.44 bits per heavy atom. The Hall–Kier alpha value is -4.83. The first-order valence-corrected chi connectivity index (χ1v) is 12.1. The van der Waals surface area contributed by atoms with E-state index in [-0.39, 0.29) is 11.7 Å². The third-order valence-corrected chi connectivity index (χ3v) is 5.09. The smallest absolute Gasteiger partial charge is 0.217 e. The molecule has 0 aliphatic carbocycles. The zero-order chi connectivity index (χ0) is 28.6. The van der Waals surface area contributed by atoms with Gasteiger partial charge in [0.25, 0.3) is 0 Å². The van der Waals surface area contributed by atoms with E-state index in [4.69, 9.17) is 21.0 Å². The first-order chi connectivity index (χ1) is 18.8. The number of amides is 1. The van der Waals surface area contributed by atoms with Crippen molar-refractivity contribution in [3.8, 4) is 22.9 Å². The predicted octanol–water partition coefficient (Wildman–Crippen LogP) is 5.42. The first kappa shape index (κ1) is 30.4. The van der Waals surface area contributed by atoms with Crippen LogP contribution in [0, 0.1) is 19.7 Å². The molecule has 10 heteroatoms. The average molecular weight is 533 g/mol. The average Bonchev–Trinajstić information content (AvgIpc) is 3.38. The standard InChI is InChI=1S/C24H21FN4O.C4H10N2O.CH2O/c1-16-3-8-21(25)22(11-16)29-15-28-18-4-6-19(7-5-18)30-20-9-10-26-24(13-20)23-12-17(2)14-27-23;5-3-1-2-4(6)7;1-2/h3-15,27H,1-2H3,(H,28,29);1-3,5H2,(H2,6,7);1H2. The highest BCUT2D eigenvalue weighted by atomic mass is 19.1. The van der Waals surface area contributed by atoms with Crippen molar-refractivity contribution >= 4 is 30.4 Å². The summed E-state index contributed by atoms with van der Waals surface area (Å²) in [5, 5.41) is 3.04. The number of ether oxygens (including phenoxy) is 1. The van der Waals surface area contributed by atoms with Gasteiger partial charge in [-0.25, -0.2) is 9.38 Å². The molecule has 0 saturated carbocycles. The zero-order valence-electron chi connectivity index (χ0n) is 22.0. The maximum atomic E-state index is 13.7. The fourth-order valence-corrected chi connectivity index (χ4v) is 3.20. The van der Waals surface area contributed by atoms with Crippen molar-refractivity contribution < 1.29 is 18.7 Å². The molecule has 2 heterocycles. The van der Waals surface area contributed by atoms with E-state index in [9.17, 15) is 9.18 Å². The van der Waals surface area contributed by atoms with Crippen molar-refractivity contribution in [3.05, 3.63) is 90.0 Å². The van der Waals surface area contributed by atoms with E-state index >= 15 is 0 Å². The van der Waals surface area contributed by atoms with E-state index in [0.717, 1.165) is 28.2 Å². The van der Waals surface area contributed by atoms with E-state index < -0.39 is 0 Å². The number of rotatable bonds is 9. The SMILES string of the molecule is C=O.Cc1c[nH]c(-c2cc(Oc3ccc(NC=Nc4cc(C)ccc4F)cc3)ccn2)c1.NCCCC(N)=O. The van der Waals surface area contributed by atoms with Gasteiger partial charge in [0.2, 0.25) is 5.91 Å². The van der Waals surface area contributed by atoms with Gasteiger partial charge in [0.05, 0.1) is 17.7 Å². The number of anilines is 1. The molecule has 2 aromatic carbocycles. The van der Waals surface area contributed by atoms with Gasteiger partial charge in [0.15, 0.2) is 0 Å². The van der Waals surface area contributed by atoms with Crippen molar-refractivity contribution in [2.75, 3.05) is 11.9 Å². The molecular weight excluding hydrogens is 499 g/mol. The van der Waals surface area contributed by atoms with Crippen molar-refractivity contribution in [2.24, 2.45) is 16.5 Å². The zero-order valence-corrected chi connectivity index (χ0v) is 22.0. The number of nitrogens with two attached hydrogens (primary N) is 2. The third-order valence-electron chi connectivity index (χ3n) is 5.09. The highest BCUT2D eigenvalue weighted by molar-refractivity contribution is 5.78. The van der Waals surface area contributed by atoms with E-state index in [1.54, 1.807) is 18.3 Å². The molecule has 39 heavy (non-hydrogen) atoms. The molecule has 0 aliphatic rings. The molecule has 0 bridgehead atoms. The Morgan fingerprint density at radius 1 is 1.08 bits per heavy atom. The third kappa shape index (κ3) is 10.6. The van der Waals surface area contributed by atoms with Crippen molar-refractivity contribution in [1.29, 1.82) is 0 Å². The Bertz CT molecular complexity index is 1360. The van der Waals surface area contributed by atoms with Gasteiger partial charge in [-0.3, -0.25) is 9.78 Å². The molecule has 0 atom stereocenters. The maximum Gasteiger partial charge on any atom is 0.217 e. The second kappa shape index (κ2) is 16.1. The lowest BCUT2D eigenvalue weighted by atomic mass is 10.2. The molecule has 9 nitrogen and oxygen atoms in total.